The average molecular weight is 429 g/mol. The summed E-state index contributed by atoms with van der Waals surface area (Å²) in [6, 6.07) is 3.99. The van der Waals surface area contributed by atoms with Crippen molar-refractivity contribution in [3.63, 3.8) is 0 Å². The summed E-state index contributed by atoms with van der Waals surface area (Å²) in [5.41, 5.74) is 0.414. The number of nitrogens with zero attached hydrogens (tertiary/aromatic N) is 3. The third-order valence-corrected chi connectivity index (χ3v) is 6.05. The Hall–Kier alpha value is -2.97. The molecular formula is C22H29FN6O2. The fraction of sp³-hybridized carbons (Fsp3) is 0.545. The van der Waals surface area contributed by atoms with Gasteiger partial charge in [0.2, 0.25) is 17.8 Å². The predicted molar refractivity (Wildman–Crippen MR) is 117 cm³/mol. The fourth-order valence-corrected chi connectivity index (χ4v) is 4.25. The van der Waals surface area contributed by atoms with Crippen molar-refractivity contribution in [3.8, 4) is 5.75 Å². The Morgan fingerprint density at radius 3 is 2.32 bits per heavy atom. The number of halogens is 1. The van der Waals surface area contributed by atoms with Crippen LogP contribution < -0.4 is 16.0 Å². The maximum absolute atomic E-state index is 13.7. The highest BCUT2D eigenvalue weighted by atomic mass is 19.1. The smallest absolute Gasteiger partial charge is 0.233 e. The normalized spacial score (nSPS) is 19.4. The van der Waals surface area contributed by atoms with Crippen molar-refractivity contribution >= 4 is 29.3 Å². The van der Waals surface area contributed by atoms with Crippen molar-refractivity contribution in [1.29, 1.82) is 0 Å². The Kier molecular flexibility index (Phi) is 6.79. The lowest BCUT2D eigenvalue weighted by atomic mass is 9.89. The van der Waals surface area contributed by atoms with Gasteiger partial charge in [-0.2, -0.15) is 15.0 Å². The quantitative estimate of drug-likeness (QED) is 0.462. The Balaban J connectivity index is 1.48. The Labute approximate surface area is 181 Å². The number of hydrogen-bond donors (Lipinski definition) is 4. The van der Waals surface area contributed by atoms with Gasteiger partial charge in [-0.1, -0.05) is 19.3 Å². The van der Waals surface area contributed by atoms with E-state index in [9.17, 15) is 14.3 Å². The first-order valence-corrected chi connectivity index (χ1v) is 11.1. The summed E-state index contributed by atoms with van der Waals surface area (Å²) in [4.78, 5) is 25.2. The zero-order valence-corrected chi connectivity index (χ0v) is 17.5. The van der Waals surface area contributed by atoms with Crippen LogP contribution in [-0.2, 0) is 4.79 Å². The molecule has 9 heteroatoms. The van der Waals surface area contributed by atoms with Gasteiger partial charge in [0.05, 0.1) is 0 Å². The maximum atomic E-state index is 13.7. The van der Waals surface area contributed by atoms with Gasteiger partial charge < -0.3 is 21.1 Å². The number of anilines is 4. The molecule has 0 spiro atoms. The second kappa shape index (κ2) is 9.89. The number of carbonyl (C=O) groups is 1. The first-order valence-electron chi connectivity index (χ1n) is 11.1. The van der Waals surface area contributed by atoms with Gasteiger partial charge in [0.25, 0.3) is 0 Å². The minimum absolute atomic E-state index is 0.0157. The van der Waals surface area contributed by atoms with Gasteiger partial charge in [-0.25, -0.2) is 4.39 Å². The first kappa shape index (κ1) is 21.3. The molecule has 1 aromatic carbocycles. The average Bonchev–Trinajstić information content (AvgIpc) is 3.19. The lowest BCUT2D eigenvalue weighted by molar-refractivity contribution is -0.120. The number of rotatable bonds is 8. The number of carbonyl (C=O) groups excluding carboxylic acids is 1. The van der Waals surface area contributed by atoms with Gasteiger partial charge in [0.1, 0.15) is 5.78 Å². The van der Waals surface area contributed by atoms with Gasteiger partial charge in [-0.15, -0.1) is 0 Å². The molecule has 0 radical (unpaired) electrons. The first-order chi connectivity index (χ1) is 15.1. The van der Waals surface area contributed by atoms with Crippen LogP contribution in [0.5, 0.6) is 5.75 Å². The standard InChI is InChI=1S/C22H29FN6O2/c23-17-11-16(9-10-19(17)31)26-22-28-20(24-12-14-5-2-1-3-6-14)27-21(29-22)25-13-15-7-4-8-18(15)30/h9-11,14-15,31H,1-8,12-13H2,(H3,24,25,26,27,28,29). The Morgan fingerprint density at radius 2 is 1.65 bits per heavy atom. The molecule has 2 aromatic rings. The molecule has 2 aliphatic rings. The number of phenolic OH excluding ortho intramolecular Hbond substituents is 1. The summed E-state index contributed by atoms with van der Waals surface area (Å²) >= 11 is 0. The molecule has 1 unspecified atom stereocenters. The highest BCUT2D eigenvalue weighted by Crippen LogP contribution is 2.25. The van der Waals surface area contributed by atoms with E-state index in [1.807, 2.05) is 0 Å². The van der Waals surface area contributed by atoms with Crippen LogP contribution >= 0.6 is 0 Å². The summed E-state index contributed by atoms with van der Waals surface area (Å²) < 4.78 is 13.7. The Bertz CT molecular complexity index is 919. The number of benzene rings is 1. The number of aromatic hydroxyl groups is 1. The molecule has 1 atom stereocenters. The molecule has 31 heavy (non-hydrogen) atoms. The van der Waals surface area contributed by atoms with Crippen LogP contribution in [0.15, 0.2) is 18.2 Å². The molecule has 2 aliphatic carbocycles. The lowest BCUT2D eigenvalue weighted by Crippen LogP contribution is -2.21. The molecule has 0 saturated heterocycles. The van der Waals surface area contributed by atoms with Crippen LogP contribution in [0, 0.1) is 17.7 Å². The van der Waals surface area contributed by atoms with E-state index in [2.05, 4.69) is 30.9 Å². The molecule has 1 heterocycles. The van der Waals surface area contributed by atoms with Crippen molar-refractivity contribution in [1.82, 2.24) is 15.0 Å². The summed E-state index contributed by atoms with van der Waals surface area (Å²) in [5.74, 6) is 0.762. The van der Waals surface area contributed by atoms with E-state index < -0.39 is 11.6 Å². The second-order valence-corrected chi connectivity index (χ2v) is 8.42. The van der Waals surface area contributed by atoms with E-state index in [-0.39, 0.29) is 17.6 Å². The monoisotopic (exact) mass is 428 g/mol. The number of phenols is 1. The third-order valence-electron chi connectivity index (χ3n) is 6.05. The summed E-state index contributed by atoms with van der Waals surface area (Å²) in [7, 11) is 0. The van der Waals surface area contributed by atoms with Crippen LogP contribution in [0.25, 0.3) is 0 Å². The molecule has 4 rings (SSSR count). The SMILES string of the molecule is O=C1CCCC1CNc1nc(NCC2CCCCC2)nc(Nc2ccc(O)c(F)c2)n1. The largest absolute Gasteiger partial charge is 0.505 e. The fourth-order valence-electron chi connectivity index (χ4n) is 4.25. The number of Topliss-reactive ketones (excluding diaryl/α,β-unsaturated/α-hetero) is 1. The van der Waals surface area contributed by atoms with E-state index in [4.69, 9.17) is 0 Å². The molecule has 1 aromatic heterocycles. The zero-order chi connectivity index (χ0) is 21.6. The van der Waals surface area contributed by atoms with Gasteiger partial charge in [-0.3, -0.25) is 4.79 Å². The number of ketones is 1. The lowest BCUT2D eigenvalue weighted by Gasteiger charge is -2.22. The minimum Gasteiger partial charge on any atom is -0.505 e. The minimum atomic E-state index is -0.729. The van der Waals surface area contributed by atoms with Gasteiger partial charge in [-0.05, 0) is 43.7 Å². The third kappa shape index (κ3) is 5.80. The summed E-state index contributed by atoms with van der Waals surface area (Å²) in [5, 5.41) is 18.8. The molecule has 0 aliphatic heterocycles. The van der Waals surface area contributed by atoms with Crippen LogP contribution in [0.4, 0.5) is 27.9 Å². The van der Waals surface area contributed by atoms with E-state index in [0.717, 1.165) is 19.4 Å². The van der Waals surface area contributed by atoms with E-state index in [1.54, 1.807) is 6.07 Å². The molecule has 8 nitrogen and oxygen atoms in total. The number of hydrogen-bond acceptors (Lipinski definition) is 8. The highest BCUT2D eigenvalue weighted by molar-refractivity contribution is 5.83. The molecule has 0 bridgehead atoms. The molecular weight excluding hydrogens is 399 g/mol. The van der Waals surface area contributed by atoms with Gasteiger partial charge in [0.15, 0.2) is 11.6 Å². The molecule has 0 amide bonds. The molecule has 4 N–H and O–H groups in total. The molecule has 2 fully saturated rings. The molecule has 2 saturated carbocycles. The maximum Gasteiger partial charge on any atom is 0.233 e. The summed E-state index contributed by atoms with van der Waals surface area (Å²) in [6.45, 7) is 1.27. The van der Waals surface area contributed by atoms with E-state index >= 15 is 0 Å². The topological polar surface area (TPSA) is 112 Å². The van der Waals surface area contributed by atoms with E-state index in [0.29, 0.717) is 36.5 Å². The van der Waals surface area contributed by atoms with Crippen molar-refractivity contribution in [2.75, 3.05) is 29.0 Å². The Morgan fingerprint density at radius 1 is 0.935 bits per heavy atom. The van der Waals surface area contributed by atoms with Crippen molar-refractivity contribution < 1.29 is 14.3 Å². The summed E-state index contributed by atoms with van der Waals surface area (Å²) in [6.07, 6.45) is 8.65. The van der Waals surface area contributed by atoms with Crippen LogP contribution in [-0.4, -0.2) is 38.9 Å². The zero-order valence-electron chi connectivity index (χ0n) is 17.5. The predicted octanol–water partition coefficient (Wildman–Crippen LogP) is 4.23. The number of aromatic nitrogens is 3. The number of nitrogens with one attached hydrogen (secondary N) is 3. The van der Waals surface area contributed by atoms with E-state index in [1.165, 1.54) is 44.2 Å². The van der Waals surface area contributed by atoms with Crippen LogP contribution in [0.3, 0.4) is 0 Å². The molecule has 166 valence electrons. The van der Waals surface area contributed by atoms with Crippen molar-refractivity contribution in [2.24, 2.45) is 11.8 Å². The van der Waals surface area contributed by atoms with Crippen molar-refractivity contribution in [3.05, 3.63) is 24.0 Å². The van der Waals surface area contributed by atoms with Crippen LogP contribution in [0.2, 0.25) is 0 Å². The van der Waals surface area contributed by atoms with Crippen LogP contribution in [0.1, 0.15) is 51.4 Å². The van der Waals surface area contributed by atoms with Gasteiger partial charge >= 0.3 is 0 Å². The van der Waals surface area contributed by atoms with Crippen molar-refractivity contribution in [2.45, 2.75) is 51.4 Å². The highest BCUT2D eigenvalue weighted by Gasteiger charge is 2.24. The second-order valence-electron chi connectivity index (χ2n) is 8.42. The van der Waals surface area contributed by atoms with Gasteiger partial charge in [0, 0.05) is 37.2 Å².